The maximum Gasteiger partial charge on any atom is 0.0402 e. The van der Waals surface area contributed by atoms with Crippen molar-refractivity contribution >= 4 is 5.69 Å². The number of benzene rings is 1. The molecule has 1 aliphatic heterocycles. The van der Waals surface area contributed by atoms with Crippen molar-refractivity contribution in [1.82, 2.24) is 4.90 Å². The molecule has 1 aromatic rings. The average Bonchev–Trinajstić information content (AvgIpc) is 2.39. The SMILES string of the molecule is CCc1cccc(C)c1NCC1CCCCN1C. The molecule has 1 heterocycles. The molecule has 2 nitrogen and oxygen atoms in total. The number of likely N-dealkylation sites (tertiary alicyclic amines) is 1. The van der Waals surface area contributed by atoms with Crippen LogP contribution in [-0.4, -0.2) is 31.1 Å². The van der Waals surface area contributed by atoms with Crippen LogP contribution in [0, 0.1) is 6.92 Å². The van der Waals surface area contributed by atoms with Crippen molar-refractivity contribution in [3.05, 3.63) is 29.3 Å². The number of para-hydroxylation sites is 1. The molecule has 0 aliphatic carbocycles. The van der Waals surface area contributed by atoms with E-state index in [1.54, 1.807) is 0 Å². The van der Waals surface area contributed by atoms with Gasteiger partial charge in [0, 0.05) is 18.3 Å². The first-order valence-electron chi connectivity index (χ1n) is 7.25. The number of aryl methyl sites for hydroxylation is 2. The minimum Gasteiger partial charge on any atom is -0.383 e. The minimum atomic E-state index is 0.697. The third-order valence-electron chi connectivity index (χ3n) is 4.18. The van der Waals surface area contributed by atoms with E-state index < -0.39 is 0 Å². The first-order valence-corrected chi connectivity index (χ1v) is 7.25. The first kappa shape index (κ1) is 13.4. The molecule has 1 unspecified atom stereocenters. The van der Waals surface area contributed by atoms with E-state index in [9.17, 15) is 0 Å². The van der Waals surface area contributed by atoms with Gasteiger partial charge >= 0.3 is 0 Å². The lowest BCUT2D eigenvalue weighted by molar-refractivity contribution is 0.194. The van der Waals surface area contributed by atoms with Crippen LogP contribution in [-0.2, 0) is 6.42 Å². The lowest BCUT2D eigenvalue weighted by atomic mass is 10.0. The predicted molar refractivity (Wildman–Crippen MR) is 79.3 cm³/mol. The molecule has 1 saturated heterocycles. The van der Waals surface area contributed by atoms with Gasteiger partial charge in [0.05, 0.1) is 0 Å². The number of likely N-dealkylation sites (N-methyl/N-ethyl adjacent to an activating group) is 1. The molecular weight excluding hydrogens is 220 g/mol. The van der Waals surface area contributed by atoms with Crippen LogP contribution in [0.4, 0.5) is 5.69 Å². The Kier molecular flexibility index (Phi) is 4.65. The van der Waals surface area contributed by atoms with Gasteiger partial charge in [-0.15, -0.1) is 0 Å². The normalized spacial score (nSPS) is 20.9. The zero-order valence-electron chi connectivity index (χ0n) is 12.0. The van der Waals surface area contributed by atoms with Gasteiger partial charge in [-0.1, -0.05) is 31.5 Å². The lowest BCUT2D eigenvalue weighted by Crippen LogP contribution is -2.40. The molecule has 0 bridgehead atoms. The summed E-state index contributed by atoms with van der Waals surface area (Å²) in [5, 5.41) is 3.69. The Bertz CT molecular complexity index is 387. The second-order valence-corrected chi connectivity index (χ2v) is 5.47. The highest BCUT2D eigenvalue weighted by Gasteiger charge is 2.18. The van der Waals surface area contributed by atoms with Gasteiger partial charge in [0.2, 0.25) is 0 Å². The molecule has 18 heavy (non-hydrogen) atoms. The largest absolute Gasteiger partial charge is 0.383 e. The molecule has 100 valence electrons. The van der Waals surface area contributed by atoms with Crippen molar-refractivity contribution in [2.24, 2.45) is 0 Å². The third-order valence-corrected chi connectivity index (χ3v) is 4.18. The summed E-state index contributed by atoms with van der Waals surface area (Å²) < 4.78 is 0. The predicted octanol–water partition coefficient (Wildman–Crippen LogP) is 3.45. The summed E-state index contributed by atoms with van der Waals surface area (Å²) >= 11 is 0. The Labute approximate surface area is 111 Å². The molecule has 1 N–H and O–H groups in total. The Morgan fingerprint density at radius 3 is 2.89 bits per heavy atom. The third kappa shape index (κ3) is 3.05. The van der Waals surface area contributed by atoms with Crippen LogP contribution < -0.4 is 5.32 Å². The molecular formula is C16H26N2. The summed E-state index contributed by atoms with van der Waals surface area (Å²) in [5.74, 6) is 0. The monoisotopic (exact) mass is 246 g/mol. The fourth-order valence-corrected chi connectivity index (χ4v) is 2.90. The van der Waals surface area contributed by atoms with Crippen LogP contribution in [0.3, 0.4) is 0 Å². The number of piperidine rings is 1. The number of nitrogens with one attached hydrogen (secondary N) is 1. The van der Waals surface area contributed by atoms with Crippen molar-refractivity contribution in [2.75, 3.05) is 25.5 Å². The maximum absolute atomic E-state index is 3.69. The highest BCUT2D eigenvalue weighted by Crippen LogP contribution is 2.22. The van der Waals surface area contributed by atoms with Gasteiger partial charge in [-0.25, -0.2) is 0 Å². The van der Waals surface area contributed by atoms with Crippen molar-refractivity contribution in [3.8, 4) is 0 Å². The van der Waals surface area contributed by atoms with Crippen LogP contribution in [0.1, 0.15) is 37.3 Å². The number of rotatable bonds is 4. The minimum absolute atomic E-state index is 0.697. The Morgan fingerprint density at radius 1 is 1.33 bits per heavy atom. The van der Waals surface area contributed by atoms with Gasteiger partial charge < -0.3 is 10.2 Å². The van der Waals surface area contributed by atoms with E-state index in [2.05, 4.69) is 49.3 Å². The molecule has 0 aromatic heterocycles. The standard InChI is InChI=1S/C16H26N2/c1-4-14-9-7-8-13(2)16(14)17-12-15-10-5-6-11-18(15)3/h7-9,15,17H,4-6,10-12H2,1-3H3. The highest BCUT2D eigenvalue weighted by molar-refractivity contribution is 5.57. The van der Waals surface area contributed by atoms with Crippen LogP contribution in [0.25, 0.3) is 0 Å². The number of hydrogen-bond donors (Lipinski definition) is 1. The number of anilines is 1. The zero-order chi connectivity index (χ0) is 13.0. The fraction of sp³-hybridized carbons (Fsp3) is 0.625. The second kappa shape index (κ2) is 6.24. The van der Waals surface area contributed by atoms with E-state index in [0.717, 1.165) is 13.0 Å². The highest BCUT2D eigenvalue weighted by atomic mass is 15.2. The summed E-state index contributed by atoms with van der Waals surface area (Å²) in [7, 11) is 2.25. The topological polar surface area (TPSA) is 15.3 Å². The molecule has 0 saturated carbocycles. The van der Waals surface area contributed by atoms with Crippen LogP contribution in [0.15, 0.2) is 18.2 Å². The van der Waals surface area contributed by atoms with Gasteiger partial charge in [-0.2, -0.15) is 0 Å². The maximum atomic E-state index is 3.69. The van der Waals surface area contributed by atoms with Gasteiger partial charge in [-0.05, 0) is 50.9 Å². The lowest BCUT2D eigenvalue weighted by Gasteiger charge is -2.33. The molecule has 0 radical (unpaired) electrons. The van der Waals surface area contributed by atoms with Gasteiger partial charge in [0.25, 0.3) is 0 Å². The Morgan fingerprint density at radius 2 is 2.17 bits per heavy atom. The van der Waals surface area contributed by atoms with E-state index in [1.165, 1.54) is 42.6 Å². The molecule has 1 atom stereocenters. The van der Waals surface area contributed by atoms with E-state index in [0.29, 0.717) is 6.04 Å². The van der Waals surface area contributed by atoms with Crippen molar-refractivity contribution in [2.45, 2.75) is 45.6 Å². The van der Waals surface area contributed by atoms with Crippen molar-refractivity contribution in [3.63, 3.8) is 0 Å². The van der Waals surface area contributed by atoms with Crippen molar-refractivity contribution in [1.29, 1.82) is 0 Å². The molecule has 1 aromatic carbocycles. The van der Waals surface area contributed by atoms with Gasteiger partial charge in [0.15, 0.2) is 0 Å². The molecule has 2 heteroatoms. The summed E-state index contributed by atoms with van der Waals surface area (Å²) in [6.07, 6.45) is 5.17. The first-order chi connectivity index (χ1) is 8.72. The zero-order valence-corrected chi connectivity index (χ0v) is 12.0. The number of hydrogen-bond acceptors (Lipinski definition) is 2. The Balaban J connectivity index is 2.01. The van der Waals surface area contributed by atoms with Crippen LogP contribution in [0.5, 0.6) is 0 Å². The quantitative estimate of drug-likeness (QED) is 0.875. The molecule has 2 rings (SSSR count). The van der Waals surface area contributed by atoms with E-state index in [4.69, 9.17) is 0 Å². The summed E-state index contributed by atoms with van der Waals surface area (Å²) in [5.41, 5.74) is 4.17. The molecule has 1 fully saturated rings. The molecule has 0 spiro atoms. The summed E-state index contributed by atoms with van der Waals surface area (Å²) in [6, 6.07) is 7.29. The second-order valence-electron chi connectivity index (χ2n) is 5.47. The Hall–Kier alpha value is -1.02. The molecule has 1 aliphatic rings. The number of nitrogens with zero attached hydrogens (tertiary/aromatic N) is 1. The summed E-state index contributed by atoms with van der Waals surface area (Å²) in [4.78, 5) is 2.50. The van der Waals surface area contributed by atoms with E-state index >= 15 is 0 Å². The van der Waals surface area contributed by atoms with Crippen molar-refractivity contribution < 1.29 is 0 Å². The van der Waals surface area contributed by atoms with E-state index in [1.807, 2.05) is 0 Å². The molecule has 0 amide bonds. The summed E-state index contributed by atoms with van der Waals surface area (Å²) in [6.45, 7) is 6.76. The van der Waals surface area contributed by atoms with Crippen LogP contribution >= 0.6 is 0 Å². The van der Waals surface area contributed by atoms with Gasteiger partial charge in [-0.3, -0.25) is 0 Å². The fourth-order valence-electron chi connectivity index (χ4n) is 2.90. The smallest absolute Gasteiger partial charge is 0.0402 e. The van der Waals surface area contributed by atoms with E-state index in [-0.39, 0.29) is 0 Å². The van der Waals surface area contributed by atoms with Gasteiger partial charge in [0.1, 0.15) is 0 Å². The average molecular weight is 246 g/mol. The van der Waals surface area contributed by atoms with Crippen LogP contribution in [0.2, 0.25) is 0 Å².